The summed E-state index contributed by atoms with van der Waals surface area (Å²) in [6.07, 6.45) is 9.21. The average molecular weight is 884 g/mol. The van der Waals surface area contributed by atoms with Crippen LogP contribution in [0.25, 0.3) is 66.1 Å². The molecule has 0 saturated carbocycles. The Hall–Kier alpha value is -8.31. The Labute approximate surface area is 407 Å². The van der Waals surface area contributed by atoms with Gasteiger partial charge in [-0.2, -0.15) is 5.26 Å². The molecule has 10 aromatic carbocycles. The molecule has 1 unspecified atom stereocenters. The highest BCUT2D eigenvalue weighted by molar-refractivity contribution is 6.10. The molecule has 0 bridgehead atoms. The molecule has 1 heteroatoms. The van der Waals surface area contributed by atoms with Crippen molar-refractivity contribution < 1.29 is 0 Å². The van der Waals surface area contributed by atoms with Crippen molar-refractivity contribution in [1.82, 2.24) is 0 Å². The van der Waals surface area contributed by atoms with Crippen LogP contribution in [-0.4, -0.2) is 0 Å². The van der Waals surface area contributed by atoms with Crippen molar-refractivity contribution in [2.75, 3.05) is 0 Å². The Bertz CT molecular complexity index is 3550. The summed E-state index contributed by atoms with van der Waals surface area (Å²) in [6.45, 7) is 4.55. The zero-order valence-electron chi connectivity index (χ0n) is 39.2. The molecule has 0 amide bonds. The van der Waals surface area contributed by atoms with E-state index in [1.54, 1.807) is 0 Å². The molecule has 0 aromatic heterocycles. The van der Waals surface area contributed by atoms with Gasteiger partial charge in [0.1, 0.15) is 0 Å². The van der Waals surface area contributed by atoms with E-state index >= 15 is 0 Å². The minimum atomic E-state index is -0.378. The molecule has 0 saturated heterocycles. The van der Waals surface area contributed by atoms with Crippen LogP contribution in [0, 0.1) is 18.3 Å². The van der Waals surface area contributed by atoms with Gasteiger partial charge in [-0.15, -0.1) is 0 Å². The number of nitriles is 1. The molecule has 1 nitrogen and oxygen atoms in total. The van der Waals surface area contributed by atoms with E-state index in [1.165, 1.54) is 105 Å². The van der Waals surface area contributed by atoms with Crippen LogP contribution < -0.4 is 0 Å². The van der Waals surface area contributed by atoms with E-state index in [0.29, 0.717) is 0 Å². The molecular weight excluding hydrogens is 831 g/mol. The molecule has 12 rings (SSSR count). The fourth-order valence-corrected chi connectivity index (χ4v) is 11.3. The SMILES string of the molecule is CCCc1c(-c2ccc(-c3ccccc3)cc2)cc2ccccc2c1-c1c(C)ccc2ccccc12.N#CC1=CC(c2ccc3c(c2)C(c2ccccc2)(c2ccccc2)c2ccccc2-3)CC=C1. The summed E-state index contributed by atoms with van der Waals surface area (Å²) >= 11 is 0. The number of benzene rings is 10. The number of rotatable bonds is 8. The fourth-order valence-electron chi connectivity index (χ4n) is 11.3. The lowest BCUT2D eigenvalue weighted by molar-refractivity contribution is 0.761. The van der Waals surface area contributed by atoms with Crippen LogP contribution in [0.2, 0.25) is 0 Å². The first-order valence-corrected chi connectivity index (χ1v) is 24.4. The Morgan fingerprint density at radius 1 is 0.507 bits per heavy atom. The molecule has 2 aliphatic rings. The summed E-state index contributed by atoms with van der Waals surface area (Å²) in [5.41, 5.74) is 20.1. The van der Waals surface area contributed by atoms with E-state index in [0.717, 1.165) is 24.8 Å². The van der Waals surface area contributed by atoms with Gasteiger partial charge in [0.05, 0.1) is 11.5 Å². The highest BCUT2D eigenvalue weighted by Gasteiger charge is 2.46. The van der Waals surface area contributed by atoms with E-state index < -0.39 is 0 Å². The third kappa shape index (κ3) is 7.79. The Morgan fingerprint density at radius 2 is 1.09 bits per heavy atom. The quantitative estimate of drug-likeness (QED) is 0.149. The van der Waals surface area contributed by atoms with Crippen molar-refractivity contribution >= 4 is 21.5 Å². The third-order valence-corrected chi connectivity index (χ3v) is 14.5. The lowest BCUT2D eigenvalue weighted by Crippen LogP contribution is -2.28. The summed E-state index contributed by atoms with van der Waals surface area (Å²) < 4.78 is 0. The van der Waals surface area contributed by atoms with E-state index in [-0.39, 0.29) is 11.3 Å². The monoisotopic (exact) mass is 883 g/mol. The second kappa shape index (κ2) is 18.8. The average Bonchev–Trinajstić information content (AvgIpc) is 3.72. The summed E-state index contributed by atoms with van der Waals surface area (Å²) in [7, 11) is 0. The van der Waals surface area contributed by atoms with Crippen molar-refractivity contribution in [3.63, 3.8) is 0 Å². The minimum Gasteiger partial charge on any atom is -0.192 e. The normalized spacial score (nSPS) is 14.3. The van der Waals surface area contributed by atoms with E-state index in [9.17, 15) is 5.26 Å². The molecule has 0 aliphatic heterocycles. The van der Waals surface area contributed by atoms with Gasteiger partial charge in [0.25, 0.3) is 0 Å². The summed E-state index contributed by atoms with van der Waals surface area (Å²) in [5, 5.41) is 14.7. The van der Waals surface area contributed by atoms with Gasteiger partial charge in [-0.25, -0.2) is 0 Å². The highest BCUT2D eigenvalue weighted by Crippen LogP contribution is 2.56. The molecule has 0 radical (unpaired) electrons. The molecule has 2 aliphatic carbocycles. The molecule has 69 heavy (non-hydrogen) atoms. The highest BCUT2D eigenvalue weighted by atomic mass is 14.5. The maximum absolute atomic E-state index is 9.44. The predicted molar refractivity (Wildman–Crippen MR) is 290 cm³/mol. The second-order valence-electron chi connectivity index (χ2n) is 18.5. The summed E-state index contributed by atoms with van der Waals surface area (Å²) in [5.74, 6) is 0.211. The predicted octanol–water partition coefficient (Wildman–Crippen LogP) is 17.8. The van der Waals surface area contributed by atoms with Gasteiger partial charge < -0.3 is 0 Å². The van der Waals surface area contributed by atoms with E-state index in [4.69, 9.17) is 0 Å². The Balaban J connectivity index is 0.000000151. The molecule has 0 heterocycles. The van der Waals surface area contributed by atoms with Crippen molar-refractivity contribution in [2.24, 2.45) is 0 Å². The van der Waals surface area contributed by atoms with Crippen LogP contribution in [0.15, 0.2) is 248 Å². The standard InChI is InChI=1S/C36H30.C32H23N/c1-3-11-33-34(29-22-20-27(21-23-29)26-12-5-4-6-13-26)24-30-15-8-10-17-32(30)36(33)35-25(2)18-19-28-14-7-9-16-31(28)35;33-22-23-10-9-11-24(20-23)25-18-19-29-28-16-7-8-17-30(28)32(31(29)21-25,26-12-3-1-4-13-26)27-14-5-2-6-15-27/h4-10,12-24H,3,11H2,1-2H3;1-10,12-21,24H,11H2. The van der Waals surface area contributed by atoms with Gasteiger partial charge in [0, 0.05) is 11.5 Å². The van der Waals surface area contributed by atoms with Crippen LogP contribution in [0.1, 0.15) is 64.6 Å². The molecular formula is C68H53N. The van der Waals surface area contributed by atoms with Crippen molar-refractivity contribution in [1.29, 1.82) is 5.26 Å². The van der Waals surface area contributed by atoms with Gasteiger partial charge in [0.2, 0.25) is 0 Å². The van der Waals surface area contributed by atoms with Crippen molar-refractivity contribution in [3.8, 4) is 50.6 Å². The van der Waals surface area contributed by atoms with Crippen LogP contribution in [0.3, 0.4) is 0 Å². The topological polar surface area (TPSA) is 23.8 Å². The first-order chi connectivity index (χ1) is 34.1. The molecule has 10 aromatic rings. The van der Waals surface area contributed by atoms with Crippen molar-refractivity contribution in [3.05, 3.63) is 287 Å². The molecule has 1 atom stereocenters. The third-order valence-electron chi connectivity index (χ3n) is 14.5. The first-order valence-electron chi connectivity index (χ1n) is 24.4. The Morgan fingerprint density at radius 3 is 1.78 bits per heavy atom. The van der Waals surface area contributed by atoms with Crippen molar-refractivity contribution in [2.45, 2.75) is 44.4 Å². The summed E-state index contributed by atoms with van der Waals surface area (Å²) in [4.78, 5) is 0. The number of allylic oxidation sites excluding steroid dienone is 4. The van der Waals surface area contributed by atoms with Gasteiger partial charge >= 0.3 is 0 Å². The Kier molecular flexibility index (Phi) is 11.8. The van der Waals surface area contributed by atoms with Gasteiger partial charge in [-0.1, -0.05) is 244 Å². The first kappa shape index (κ1) is 43.3. The fraction of sp³-hybridized carbons (Fsp3) is 0.103. The number of aryl methyl sites for hydroxylation is 1. The van der Waals surface area contributed by atoms with Gasteiger partial charge in [-0.05, 0) is 137 Å². The van der Waals surface area contributed by atoms with Crippen LogP contribution in [0.5, 0.6) is 0 Å². The maximum atomic E-state index is 9.44. The largest absolute Gasteiger partial charge is 0.192 e. The number of hydrogen-bond acceptors (Lipinski definition) is 1. The number of fused-ring (bicyclic) bond motifs is 5. The lowest BCUT2D eigenvalue weighted by atomic mass is 9.67. The second-order valence-corrected chi connectivity index (χ2v) is 18.5. The smallest absolute Gasteiger partial charge is 0.0988 e. The maximum Gasteiger partial charge on any atom is 0.0988 e. The minimum absolute atomic E-state index is 0.211. The molecule has 0 fully saturated rings. The zero-order valence-corrected chi connectivity index (χ0v) is 39.2. The van der Waals surface area contributed by atoms with Crippen LogP contribution in [-0.2, 0) is 11.8 Å². The van der Waals surface area contributed by atoms with Crippen LogP contribution in [0.4, 0.5) is 0 Å². The van der Waals surface area contributed by atoms with Crippen LogP contribution >= 0.6 is 0 Å². The summed E-state index contributed by atoms with van der Waals surface area (Å²) in [6, 6.07) is 84.2. The number of hydrogen-bond donors (Lipinski definition) is 0. The van der Waals surface area contributed by atoms with Gasteiger partial charge in [0.15, 0.2) is 0 Å². The van der Waals surface area contributed by atoms with E-state index in [1.807, 2.05) is 6.08 Å². The molecule has 330 valence electrons. The molecule has 0 spiro atoms. The zero-order chi connectivity index (χ0) is 46.7. The van der Waals surface area contributed by atoms with E-state index in [2.05, 4.69) is 257 Å². The molecule has 0 N–H and O–H groups in total. The van der Waals surface area contributed by atoms with Gasteiger partial charge in [-0.3, -0.25) is 0 Å². The number of nitrogens with zero attached hydrogens (tertiary/aromatic N) is 1. The lowest BCUT2D eigenvalue weighted by Gasteiger charge is -2.34.